The normalized spacial score (nSPS) is 10.5. The maximum atomic E-state index is 11.9. The lowest BCUT2D eigenvalue weighted by Gasteiger charge is -2.09. The van der Waals surface area contributed by atoms with Gasteiger partial charge in [0, 0.05) is 12.6 Å². The fraction of sp³-hybridized carbons (Fsp3) is 0.167. The summed E-state index contributed by atoms with van der Waals surface area (Å²) in [5.74, 6) is 0. The van der Waals surface area contributed by atoms with Crippen LogP contribution in [0.1, 0.15) is 11.3 Å². The van der Waals surface area contributed by atoms with Gasteiger partial charge in [-0.3, -0.25) is 4.79 Å². The monoisotopic (exact) mass is 249 g/mol. The van der Waals surface area contributed by atoms with Crippen LogP contribution in [0.4, 0.5) is 0 Å². The van der Waals surface area contributed by atoms with Crippen molar-refractivity contribution in [2.45, 2.75) is 13.5 Å². The summed E-state index contributed by atoms with van der Waals surface area (Å²) in [7, 11) is 0. The number of benzene rings is 1. The van der Waals surface area contributed by atoms with Crippen LogP contribution in [0.5, 0.6) is 0 Å². The van der Waals surface area contributed by atoms with Gasteiger partial charge in [-0.25, -0.2) is 0 Å². The van der Waals surface area contributed by atoms with Crippen LogP contribution < -0.4 is 11.3 Å². The molecule has 1 aromatic heterocycles. The molecule has 0 saturated heterocycles. The van der Waals surface area contributed by atoms with Crippen molar-refractivity contribution in [3.05, 3.63) is 57.0 Å². The zero-order valence-electron chi connectivity index (χ0n) is 9.35. The molecule has 0 bridgehead atoms. The summed E-state index contributed by atoms with van der Waals surface area (Å²) in [6.07, 6.45) is 0. The maximum absolute atomic E-state index is 11.9. The minimum Gasteiger partial charge on any atom is -0.326 e. The van der Waals surface area contributed by atoms with E-state index in [1.54, 1.807) is 18.2 Å². The predicted molar refractivity (Wildman–Crippen MR) is 67.5 cm³/mol. The van der Waals surface area contributed by atoms with E-state index >= 15 is 0 Å². The van der Waals surface area contributed by atoms with Gasteiger partial charge in [-0.2, -0.15) is 9.78 Å². The standard InChI is InChI=1S/C12H12ClN3O/c1-8-9(7-14)6-12(17)16(15-8)11-5-3-2-4-10(11)13/h2-6H,7,14H2,1H3. The van der Waals surface area contributed by atoms with Crippen LogP contribution in [0.2, 0.25) is 5.02 Å². The number of aromatic nitrogens is 2. The van der Waals surface area contributed by atoms with E-state index in [-0.39, 0.29) is 5.56 Å². The Labute approximate surface area is 104 Å². The third-order valence-electron chi connectivity index (χ3n) is 2.52. The van der Waals surface area contributed by atoms with Gasteiger partial charge in [0.25, 0.3) is 5.56 Å². The van der Waals surface area contributed by atoms with Gasteiger partial charge >= 0.3 is 0 Å². The van der Waals surface area contributed by atoms with E-state index in [0.717, 1.165) is 11.3 Å². The Morgan fingerprint density at radius 2 is 2.12 bits per heavy atom. The average Bonchev–Trinajstić information content (AvgIpc) is 2.32. The van der Waals surface area contributed by atoms with E-state index in [1.165, 1.54) is 10.7 Å². The Morgan fingerprint density at radius 3 is 2.76 bits per heavy atom. The molecule has 1 aromatic carbocycles. The topological polar surface area (TPSA) is 60.9 Å². The fourth-order valence-electron chi connectivity index (χ4n) is 1.58. The van der Waals surface area contributed by atoms with Gasteiger partial charge in [-0.05, 0) is 24.6 Å². The van der Waals surface area contributed by atoms with Crippen molar-refractivity contribution in [3.63, 3.8) is 0 Å². The molecule has 0 atom stereocenters. The molecule has 0 aliphatic heterocycles. The summed E-state index contributed by atoms with van der Waals surface area (Å²) in [6, 6.07) is 8.57. The first kappa shape index (κ1) is 11.8. The average molecular weight is 250 g/mol. The maximum Gasteiger partial charge on any atom is 0.271 e. The molecule has 0 amide bonds. The molecule has 4 nitrogen and oxygen atoms in total. The minimum absolute atomic E-state index is 0.232. The highest BCUT2D eigenvalue weighted by Gasteiger charge is 2.08. The van der Waals surface area contributed by atoms with Gasteiger partial charge in [-0.1, -0.05) is 23.7 Å². The Morgan fingerprint density at radius 1 is 1.41 bits per heavy atom. The molecule has 0 aliphatic rings. The molecule has 1 heterocycles. The van der Waals surface area contributed by atoms with Crippen molar-refractivity contribution in [1.82, 2.24) is 9.78 Å². The first-order valence-corrected chi connectivity index (χ1v) is 5.56. The lowest BCUT2D eigenvalue weighted by atomic mass is 10.2. The molecule has 88 valence electrons. The largest absolute Gasteiger partial charge is 0.326 e. The Hall–Kier alpha value is -1.65. The number of rotatable bonds is 2. The molecule has 2 rings (SSSR count). The number of aryl methyl sites for hydroxylation is 1. The lowest BCUT2D eigenvalue weighted by Crippen LogP contribution is -2.23. The number of nitrogens with two attached hydrogens (primary N) is 1. The van der Waals surface area contributed by atoms with E-state index in [9.17, 15) is 4.79 Å². The van der Waals surface area contributed by atoms with Gasteiger partial charge < -0.3 is 5.73 Å². The molecular weight excluding hydrogens is 238 g/mol. The second-order valence-corrected chi connectivity index (χ2v) is 4.07. The first-order valence-electron chi connectivity index (χ1n) is 5.18. The molecule has 0 spiro atoms. The van der Waals surface area contributed by atoms with Crippen LogP contribution in [0.3, 0.4) is 0 Å². The Balaban J connectivity index is 2.66. The first-order chi connectivity index (χ1) is 8.13. The highest BCUT2D eigenvalue weighted by atomic mass is 35.5. The van der Waals surface area contributed by atoms with E-state index in [0.29, 0.717) is 17.3 Å². The van der Waals surface area contributed by atoms with E-state index in [1.807, 2.05) is 13.0 Å². The second-order valence-electron chi connectivity index (χ2n) is 3.66. The molecule has 0 fully saturated rings. The van der Waals surface area contributed by atoms with Gasteiger partial charge in [0.15, 0.2) is 0 Å². The van der Waals surface area contributed by atoms with Crippen molar-refractivity contribution >= 4 is 11.6 Å². The van der Waals surface area contributed by atoms with E-state index in [4.69, 9.17) is 17.3 Å². The van der Waals surface area contributed by atoms with E-state index in [2.05, 4.69) is 5.10 Å². The zero-order valence-corrected chi connectivity index (χ0v) is 10.1. The summed E-state index contributed by atoms with van der Waals surface area (Å²) < 4.78 is 1.29. The van der Waals surface area contributed by atoms with Crippen molar-refractivity contribution in [3.8, 4) is 5.69 Å². The molecule has 5 heteroatoms. The Bertz CT molecular complexity index is 607. The highest BCUT2D eigenvalue weighted by molar-refractivity contribution is 6.32. The summed E-state index contributed by atoms with van der Waals surface area (Å²) in [4.78, 5) is 11.9. The SMILES string of the molecule is Cc1nn(-c2ccccc2Cl)c(=O)cc1CN. The van der Waals surface area contributed by atoms with Gasteiger partial charge in [0.2, 0.25) is 0 Å². The highest BCUT2D eigenvalue weighted by Crippen LogP contribution is 2.17. The van der Waals surface area contributed by atoms with Crippen molar-refractivity contribution in [2.75, 3.05) is 0 Å². The second kappa shape index (κ2) is 4.69. The number of hydrogen-bond acceptors (Lipinski definition) is 3. The number of halogens is 1. The predicted octanol–water partition coefficient (Wildman–Crippen LogP) is 1.65. The third-order valence-corrected chi connectivity index (χ3v) is 2.84. The Kier molecular flexibility index (Phi) is 3.26. The molecule has 2 N–H and O–H groups in total. The third kappa shape index (κ3) is 2.23. The fourth-order valence-corrected chi connectivity index (χ4v) is 1.80. The molecule has 0 unspecified atom stereocenters. The van der Waals surface area contributed by atoms with Crippen molar-refractivity contribution < 1.29 is 0 Å². The van der Waals surface area contributed by atoms with Gasteiger partial charge in [0.1, 0.15) is 0 Å². The smallest absolute Gasteiger partial charge is 0.271 e. The number of nitrogens with zero attached hydrogens (tertiary/aromatic N) is 2. The van der Waals surface area contributed by atoms with Crippen molar-refractivity contribution in [2.24, 2.45) is 5.73 Å². The van der Waals surface area contributed by atoms with Crippen LogP contribution >= 0.6 is 11.6 Å². The van der Waals surface area contributed by atoms with Crippen LogP contribution in [0.25, 0.3) is 5.69 Å². The summed E-state index contributed by atoms with van der Waals surface area (Å²) in [5, 5.41) is 4.70. The van der Waals surface area contributed by atoms with Gasteiger partial charge in [0.05, 0.1) is 16.4 Å². The summed E-state index contributed by atoms with van der Waals surface area (Å²) in [5.41, 5.74) is 7.34. The summed E-state index contributed by atoms with van der Waals surface area (Å²) >= 11 is 6.03. The lowest BCUT2D eigenvalue weighted by molar-refractivity contribution is 0.767. The van der Waals surface area contributed by atoms with E-state index < -0.39 is 0 Å². The van der Waals surface area contributed by atoms with Crippen LogP contribution in [0.15, 0.2) is 35.1 Å². The summed E-state index contributed by atoms with van der Waals surface area (Å²) in [6.45, 7) is 2.12. The van der Waals surface area contributed by atoms with Crippen LogP contribution in [-0.2, 0) is 6.54 Å². The quantitative estimate of drug-likeness (QED) is 0.881. The van der Waals surface area contributed by atoms with Crippen molar-refractivity contribution in [1.29, 1.82) is 0 Å². The molecule has 2 aromatic rings. The molecular formula is C12H12ClN3O. The number of hydrogen-bond donors (Lipinski definition) is 1. The zero-order chi connectivity index (χ0) is 12.4. The molecule has 0 radical (unpaired) electrons. The number of para-hydroxylation sites is 1. The molecule has 0 aliphatic carbocycles. The molecule has 0 saturated carbocycles. The minimum atomic E-state index is -0.232. The van der Waals surface area contributed by atoms with Crippen LogP contribution in [-0.4, -0.2) is 9.78 Å². The van der Waals surface area contributed by atoms with Gasteiger partial charge in [-0.15, -0.1) is 0 Å². The van der Waals surface area contributed by atoms with Crippen LogP contribution in [0, 0.1) is 6.92 Å². The molecule has 17 heavy (non-hydrogen) atoms.